The number of rotatable bonds is 2. The molecule has 98 valence electrons. The van der Waals surface area contributed by atoms with Crippen molar-refractivity contribution in [2.45, 2.75) is 6.10 Å². The number of carbonyl (C=O) groups excluding carboxylic acids is 1. The highest BCUT2D eigenvalue weighted by Crippen LogP contribution is 2.22. The monoisotopic (exact) mass is 253 g/mol. The molecule has 3 N–H and O–H groups in total. The molecule has 1 saturated heterocycles. The fourth-order valence-corrected chi connectivity index (χ4v) is 1.92. The molecule has 0 radical (unpaired) electrons. The van der Waals surface area contributed by atoms with E-state index in [4.69, 9.17) is 9.84 Å². The van der Waals surface area contributed by atoms with Gasteiger partial charge in [0.15, 0.2) is 0 Å². The van der Waals surface area contributed by atoms with Crippen molar-refractivity contribution in [3.8, 4) is 11.5 Å². The van der Waals surface area contributed by atoms with Gasteiger partial charge in [0.25, 0.3) is 5.91 Å². The van der Waals surface area contributed by atoms with Crippen LogP contribution in [-0.2, 0) is 4.74 Å². The molecular formula is C12H15NO5. The van der Waals surface area contributed by atoms with Gasteiger partial charge in [-0.15, -0.1) is 0 Å². The van der Waals surface area contributed by atoms with Gasteiger partial charge in [0.1, 0.15) is 11.5 Å². The Hall–Kier alpha value is -1.79. The Morgan fingerprint density at radius 1 is 1.33 bits per heavy atom. The Kier molecular flexibility index (Phi) is 3.69. The number of aromatic hydroxyl groups is 2. The van der Waals surface area contributed by atoms with Crippen molar-refractivity contribution in [2.24, 2.45) is 0 Å². The number of morpholine rings is 1. The first-order valence-electron chi connectivity index (χ1n) is 5.65. The molecule has 1 aliphatic heterocycles. The summed E-state index contributed by atoms with van der Waals surface area (Å²) in [5, 5.41) is 27.7. The summed E-state index contributed by atoms with van der Waals surface area (Å²) in [6.45, 7) is 0.939. The lowest BCUT2D eigenvalue weighted by Crippen LogP contribution is -2.46. The standard InChI is InChI=1S/C12H15NO5/c14-7-11-6-13(1-2-18-11)12(17)8-3-9(15)5-10(16)4-8/h3-5,11,14-16H,1-2,6-7H2. The van der Waals surface area contributed by atoms with Gasteiger partial charge in [0.2, 0.25) is 0 Å². The summed E-state index contributed by atoms with van der Waals surface area (Å²) < 4.78 is 5.25. The summed E-state index contributed by atoms with van der Waals surface area (Å²) >= 11 is 0. The number of aliphatic hydroxyl groups excluding tert-OH is 1. The highest BCUT2D eigenvalue weighted by molar-refractivity contribution is 5.95. The zero-order valence-electron chi connectivity index (χ0n) is 9.74. The third-order valence-electron chi connectivity index (χ3n) is 2.78. The molecule has 0 spiro atoms. The fraction of sp³-hybridized carbons (Fsp3) is 0.417. The number of hydrogen-bond acceptors (Lipinski definition) is 5. The predicted octanol–water partition coefficient (Wildman–Crippen LogP) is -0.0689. The SMILES string of the molecule is O=C(c1cc(O)cc(O)c1)N1CCOC(CO)C1. The van der Waals surface area contributed by atoms with Gasteiger partial charge in [-0.3, -0.25) is 4.79 Å². The number of carbonyl (C=O) groups is 1. The van der Waals surface area contributed by atoms with Crippen LogP contribution in [0.3, 0.4) is 0 Å². The van der Waals surface area contributed by atoms with Crippen molar-refractivity contribution in [1.29, 1.82) is 0 Å². The predicted molar refractivity (Wildman–Crippen MR) is 62.5 cm³/mol. The molecule has 1 unspecified atom stereocenters. The number of amides is 1. The number of ether oxygens (including phenoxy) is 1. The molecule has 1 aromatic rings. The maximum absolute atomic E-state index is 12.1. The Morgan fingerprint density at radius 2 is 2.00 bits per heavy atom. The molecule has 1 fully saturated rings. The number of phenols is 2. The minimum Gasteiger partial charge on any atom is -0.508 e. The number of nitrogens with zero attached hydrogens (tertiary/aromatic N) is 1. The molecule has 1 heterocycles. The fourth-order valence-electron chi connectivity index (χ4n) is 1.92. The summed E-state index contributed by atoms with van der Waals surface area (Å²) in [5.41, 5.74) is 0.214. The molecule has 1 atom stereocenters. The molecule has 6 heteroatoms. The topological polar surface area (TPSA) is 90.2 Å². The molecule has 18 heavy (non-hydrogen) atoms. The molecule has 0 saturated carbocycles. The molecule has 1 amide bonds. The van der Waals surface area contributed by atoms with Crippen molar-refractivity contribution in [1.82, 2.24) is 4.90 Å². The first-order valence-corrected chi connectivity index (χ1v) is 5.65. The highest BCUT2D eigenvalue weighted by Gasteiger charge is 2.25. The largest absolute Gasteiger partial charge is 0.508 e. The lowest BCUT2D eigenvalue weighted by atomic mass is 10.1. The van der Waals surface area contributed by atoms with Gasteiger partial charge in [-0.2, -0.15) is 0 Å². The van der Waals surface area contributed by atoms with E-state index in [1.807, 2.05) is 0 Å². The minimum absolute atomic E-state index is 0.144. The number of aliphatic hydroxyl groups is 1. The molecule has 1 aromatic carbocycles. The maximum atomic E-state index is 12.1. The number of benzene rings is 1. The lowest BCUT2D eigenvalue weighted by Gasteiger charge is -2.32. The van der Waals surface area contributed by atoms with E-state index in [-0.39, 0.29) is 35.7 Å². The average molecular weight is 253 g/mol. The summed E-state index contributed by atoms with van der Waals surface area (Å²) in [6.07, 6.45) is -0.381. The maximum Gasteiger partial charge on any atom is 0.254 e. The molecule has 2 rings (SSSR count). The van der Waals surface area contributed by atoms with E-state index in [0.29, 0.717) is 19.7 Å². The van der Waals surface area contributed by atoms with Crippen LogP contribution in [0.2, 0.25) is 0 Å². The minimum atomic E-state index is -0.381. The van der Waals surface area contributed by atoms with Crippen LogP contribution in [0.5, 0.6) is 11.5 Å². The Balaban J connectivity index is 2.15. The molecule has 1 aliphatic rings. The van der Waals surface area contributed by atoms with Crippen LogP contribution in [0.15, 0.2) is 18.2 Å². The van der Waals surface area contributed by atoms with Gasteiger partial charge in [-0.05, 0) is 12.1 Å². The second kappa shape index (κ2) is 5.24. The van der Waals surface area contributed by atoms with E-state index >= 15 is 0 Å². The van der Waals surface area contributed by atoms with E-state index in [0.717, 1.165) is 6.07 Å². The Morgan fingerprint density at radius 3 is 2.61 bits per heavy atom. The van der Waals surface area contributed by atoms with Crippen molar-refractivity contribution in [3.05, 3.63) is 23.8 Å². The third-order valence-corrected chi connectivity index (χ3v) is 2.78. The summed E-state index contributed by atoms with van der Waals surface area (Å²) in [5.74, 6) is -0.626. The van der Waals surface area contributed by atoms with Gasteiger partial charge >= 0.3 is 0 Å². The van der Waals surface area contributed by atoms with Crippen molar-refractivity contribution in [3.63, 3.8) is 0 Å². The third kappa shape index (κ3) is 2.72. The van der Waals surface area contributed by atoms with Crippen LogP contribution >= 0.6 is 0 Å². The van der Waals surface area contributed by atoms with Gasteiger partial charge in [-0.1, -0.05) is 0 Å². The van der Waals surface area contributed by atoms with E-state index in [1.165, 1.54) is 17.0 Å². The van der Waals surface area contributed by atoms with Gasteiger partial charge in [-0.25, -0.2) is 0 Å². The smallest absolute Gasteiger partial charge is 0.254 e. The van der Waals surface area contributed by atoms with Gasteiger partial charge in [0.05, 0.1) is 19.3 Å². The molecular weight excluding hydrogens is 238 g/mol. The van der Waals surface area contributed by atoms with Crippen LogP contribution in [0.25, 0.3) is 0 Å². The zero-order chi connectivity index (χ0) is 13.1. The summed E-state index contributed by atoms with van der Waals surface area (Å²) in [6, 6.07) is 3.75. The van der Waals surface area contributed by atoms with E-state index in [9.17, 15) is 15.0 Å². The first-order chi connectivity index (χ1) is 8.60. The van der Waals surface area contributed by atoms with Crippen LogP contribution in [0.1, 0.15) is 10.4 Å². The first kappa shape index (κ1) is 12.7. The van der Waals surface area contributed by atoms with Crippen LogP contribution in [0, 0.1) is 0 Å². The molecule has 6 nitrogen and oxygen atoms in total. The van der Waals surface area contributed by atoms with Crippen LogP contribution < -0.4 is 0 Å². The van der Waals surface area contributed by atoms with Crippen molar-refractivity contribution >= 4 is 5.91 Å². The highest BCUT2D eigenvalue weighted by atomic mass is 16.5. The Labute approximate surface area is 104 Å². The zero-order valence-corrected chi connectivity index (χ0v) is 9.74. The second-order valence-corrected chi connectivity index (χ2v) is 4.16. The molecule has 0 aliphatic carbocycles. The van der Waals surface area contributed by atoms with E-state index < -0.39 is 0 Å². The average Bonchev–Trinajstić information content (AvgIpc) is 2.37. The van der Waals surface area contributed by atoms with Crippen molar-refractivity contribution in [2.75, 3.05) is 26.3 Å². The van der Waals surface area contributed by atoms with E-state index in [1.54, 1.807) is 0 Å². The second-order valence-electron chi connectivity index (χ2n) is 4.16. The number of hydrogen-bond donors (Lipinski definition) is 3. The Bertz CT molecular complexity index is 428. The normalized spacial score (nSPS) is 19.8. The quantitative estimate of drug-likeness (QED) is 0.686. The van der Waals surface area contributed by atoms with Gasteiger partial charge in [0, 0.05) is 24.7 Å². The molecule has 0 bridgehead atoms. The lowest BCUT2D eigenvalue weighted by molar-refractivity contribution is -0.0447. The number of phenolic OH excluding ortho intramolecular Hbond substituents is 2. The molecule has 0 aromatic heterocycles. The van der Waals surface area contributed by atoms with Crippen molar-refractivity contribution < 1.29 is 24.9 Å². The van der Waals surface area contributed by atoms with Crippen LogP contribution in [0.4, 0.5) is 0 Å². The van der Waals surface area contributed by atoms with E-state index in [2.05, 4.69) is 0 Å². The summed E-state index contributed by atoms with van der Waals surface area (Å²) in [7, 11) is 0. The van der Waals surface area contributed by atoms with Gasteiger partial charge < -0.3 is 25.0 Å². The van der Waals surface area contributed by atoms with Crippen LogP contribution in [-0.4, -0.2) is 58.5 Å². The summed E-state index contributed by atoms with van der Waals surface area (Å²) in [4.78, 5) is 13.7.